The lowest BCUT2D eigenvalue weighted by molar-refractivity contribution is 0.190. The van der Waals surface area contributed by atoms with Gasteiger partial charge in [0.1, 0.15) is 5.65 Å². The van der Waals surface area contributed by atoms with Crippen LogP contribution in [0.4, 0.5) is 5.95 Å². The maximum Gasteiger partial charge on any atom is 0.256 e. The van der Waals surface area contributed by atoms with Crippen LogP contribution in [0.5, 0.6) is 0 Å². The normalized spacial score (nSPS) is 15.7. The first-order valence-electron chi connectivity index (χ1n) is 10.4. The highest BCUT2D eigenvalue weighted by Crippen LogP contribution is 2.31. The zero-order chi connectivity index (χ0) is 20.2. The quantitative estimate of drug-likeness (QED) is 0.659. The number of ether oxygens (including phenoxy) is 1. The molecule has 0 radical (unpaired) electrons. The Balaban J connectivity index is 1.79. The molecule has 2 heterocycles. The lowest BCUT2D eigenvalue weighted by Gasteiger charge is -2.19. The molecule has 152 valence electrons. The van der Waals surface area contributed by atoms with Crippen molar-refractivity contribution in [1.29, 1.82) is 0 Å². The summed E-state index contributed by atoms with van der Waals surface area (Å²) in [4.78, 5) is 22.7. The average Bonchev–Trinajstić information content (AvgIpc) is 3.24. The fourth-order valence-electron chi connectivity index (χ4n) is 4.20. The molecular formula is C23H28N4O2. The lowest BCUT2D eigenvalue weighted by Crippen LogP contribution is -2.28. The number of nitrogens with zero attached hydrogens (tertiary/aromatic N) is 3. The Bertz CT molecular complexity index is 1030. The van der Waals surface area contributed by atoms with Gasteiger partial charge >= 0.3 is 0 Å². The third kappa shape index (κ3) is 4.32. The Morgan fingerprint density at radius 2 is 2.00 bits per heavy atom. The van der Waals surface area contributed by atoms with E-state index in [1.807, 2.05) is 42.0 Å². The van der Waals surface area contributed by atoms with Crippen LogP contribution in [0.2, 0.25) is 0 Å². The molecule has 4 rings (SSSR count). The molecule has 0 aliphatic heterocycles. The molecule has 6 nitrogen and oxygen atoms in total. The number of fused-ring (bicyclic) bond motifs is 1. The van der Waals surface area contributed by atoms with Gasteiger partial charge in [-0.15, -0.1) is 0 Å². The minimum Gasteiger partial charge on any atom is -0.383 e. The zero-order valence-electron chi connectivity index (χ0n) is 17.1. The van der Waals surface area contributed by atoms with E-state index in [1.165, 1.54) is 0 Å². The number of rotatable bonds is 7. The summed E-state index contributed by atoms with van der Waals surface area (Å²) in [5, 5.41) is 4.17. The van der Waals surface area contributed by atoms with Gasteiger partial charge in [-0.3, -0.25) is 9.36 Å². The van der Waals surface area contributed by atoms with E-state index in [2.05, 4.69) is 22.4 Å². The van der Waals surface area contributed by atoms with Gasteiger partial charge in [-0.2, -0.15) is 4.98 Å². The fraction of sp³-hybridized carbons (Fsp3) is 0.435. The van der Waals surface area contributed by atoms with Crippen molar-refractivity contribution in [2.24, 2.45) is 0 Å². The predicted octanol–water partition coefficient (Wildman–Crippen LogP) is 3.94. The van der Waals surface area contributed by atoms with Gasteiger partial charge < -0.3 is 10.1 Å². The summed E-state index contributed by atoms with van der Waals surface area (Å²) in [7, 11) is 1.67. The molecule has 6 heteroatoms. The van der Waals surface area contributed by atoms with Crippen LogP contribution in [0.1, 0.15) is 49.8 Å². The molecule has 1 unspecified atom stereocenters. The van der Waals surface area contributed by atoms with Crippen LogP contribution < -0.4 is 10.9 Å². The van der Waals surface area contributed by atoms with Crippen LogP contribution in [0.25, 0.3) is 11.0 Å². The van der Waals surface area contributed by atoms with Crippen molar-refractivity contribution in [2.45, 2.75) is 51.1 Å². The molecule has 1 fully saturated rings. The van der Waals surface area contributed by atoms with Crippen molar-refractivity contribution < 1.29 is 4.74 Å². The van der Waals surface area contributed by atoms with E-state index in [1.54, 1.807) is 7.11 Å². The molecule has 1 aliphatic rings. The Morgan fingerprint density at radius 1 is 1.24 bits per heavy atom. The summed E-state index contributed by atoms with van der Waals surface area (Å²) in [5.41, 5.74) is 2.73. The third-order valence-electron chi connectivity index (χ3n) is 5.57. The number of pyridine rings is 1. The van der Waals surface area contributed by atoms with Gasteiger partial charge in [0.05, 0.1) is 6.61 Å². The predicted molar refractivity (Wildman–Crippen MR) is 116 cm³/mol. The molecule has 29 heavy (non-hydrogen) atoms. The molecule has 3 aromatic rings. The molecule has 2 aromatic heterocycles. The van der Waals surface area contributed by atoms with Crippen molar-refractivity contribution in [3.63, 3.8) is 0 Å². The zero-order valence-corrected chi connectivity index (χ0v) is 17.1. The first-order chi connectivity index (χ1) is 14.2. The van der Waals surface area contributed by atoms with Crippen molar-refractivity contribution >= 4 is 17.0 Å². The Labute approximate surface area is 171 Å². The molecule has 1 aromatic carbocycles. The van der Waals surface area contributed by atoms with Gasteiger partial charge in [0.25, 0.3) is 5.56 Å². The summed E-state index contributed by atoms with van der Waals surface area (Å²) < 4.78 is 7.11. The maximum atomic E-state index is 13.5. The van der Waals surface area contributed by atoms with E-state index in [0.717, 1.165) is 47.8 Å². The highest BCUT2D eigenvalue weighted by Gasteiger charge is 2.23. The van der Waals surface area contributed by atoms with Crippen LogP contribution >= 0.6 is 0 Å². The first-order valence-corrected chi connectivity index (χ1v) is 10.4. The van der Waals surface area contributed by atoms with Crippen LogP contribution in [-0.4, -0.2) is 34.3 Å². The molecule has 0 saturated heterocycles. The largest absolute Gasteiger partial charge is 0.383 e. The van der Waals surface area contributed by atoms with Gasteiger partial charge in [0.15, 0.2) is 0 Å². The monoisotopic (exact) mass is 392 g/mol. The standard InChI is InChI=1S/C23H28N4O2/c1-16(15-29-2)25-23-24-14-19-13-18(12-17-8-4-3-5-9-17)22(28)27(21(19)26-23)20-10-6-7-11-20/h3-5,8-9,13-14,16,20H,6-7,10-12,15H2,1-2H3,(H,24,25,26). The van der Waals surface area contributed by atoms with Gasteiger partial charge in [0, 0.05) is 42.8 Å². The second kappa shape index (κ2) is 8.74. The van der Waals surface area contributed by atoms with Crippen molar-refractivity contribution in [3.8, 4) is 0 Å². The minimum atomic E-state index is 0.0721. The van der Waals surface area contributed by atoms with E-state index < -0.39 is 0 Å². The van der Waals surface area contributed by atoms with Crippen LogP contribution in [0, 0.1) is 0 Å². The second-order valence-electron chi connectivity index (χ2n) is 7.92. The topological polar surface area (TPSA) is 69.0 Å². The molecule has 1 saturated carbocycles. The Kier molecular flexibility index (Phi) is 5.90. The van der Waals surface area contributed by atoms with E-state index in [9.17, 15) is 4.79 Å². The van der Waals surface area contributed by atoms with Crippen LogP contribution in [-0.2, 0) is 11.2 Å². The van der Waals surface area contributed by atoms with Crippen molar-refractivity contribution in [2.75, 3.05) is 19.0 Å². The summed E-state index contributed by atoms with van der Waals surface area (Å²) in [6.45, 7) is 2.58. The highest BCUT2D eigenvalue weighted by atomic mass is 16.5. The minimum absolute atomic E-state index is 0.0721. The lowest BCUT2D eigenvalue weighted by atomic mass is 10.0. The smallest absolute Gasteiger partial charge is 0.256 e. The second-order valence-corrected chi connectivity index (χ2v) is 7.92. The van der Waals surface area contributed by atoms with Crippen molar-refractivity contribution in [3.05, 3.63) is 64.1 Å². The molecule has 0 spiro atoms. The summed E-state index contributed by atoms with van der Waals surface area (Å²) in [6, 6.07) is 12.4. The van der Waals surface area contributed by atoms with E-state index >= 15 is 0 Å². The number of methoxy groups -OCH3 is 1. The number of aromatic nitrogens is 3. The summed E-state index contributed by atoms with van der Waals surface area (Å²) in [6.07, 6.45) is 6.80. The number of hydrogen-bond donors (Lipinski definition) is 1. The summed E-state index contributed by atoms with van der Waals surface area (Å²) >= 11 is 0. The molecule has 1 aliphatic carbocycles. The van der Waals surface area contributed by atoms with E-state index in [4.69, 9.17) is 9.72 Å². The summed E-state index contributed by atoms with van der Waals surface area (Å²) in [5.74, 6) is 0.531. The van der Waals surface area contributed by atoms with Gasteiger partial charge in [-0.1, -0.05) is 43.2 Å². The van der Waals surface area contributed by atoms with Crippen LogP contribution in [0.3, 0.4) is 0 Å². The van der Waals surface area contributed by atoms with Crippen molar-refractivity contribution in [1.82, 2.24) is 14.5 Å². The molecule has 0 amide bonds. The molecule has 0 bridgehead atoms. The number of hydrogen-bond acceptors (Lipinski definition) is 5. The van der Waals surface area contributed by atoms with Gasteiger partial charge in [-0.05, 0) is 31.4 Å². The Morgan fingerprint density at radius 3 is 2.72 bits per heavy atom. The molecule has 1 atom stereocenters. The van der Waals surface area contributed by atoms with Gasteiger partial charge in [0.2, 0.25) is 5.95 Å². The van der Waals surface area contributed by atoms with Crippen LogP contribution in [0.15, 0.2) is 47.4 Å². The number of benzene rings is 1. The third-order valence-corrected chi connectivity index (χ3v) is 5.57. The van der Waals surface area contributed by atoms with Gasteiger partial charge in [-0.25, -0.2) is 4.98 Å². The number of anilines is 1. The molecule has 1 N–H and O–H groups in total. The average molecular weight is 393 g/mol. The van der Waals surface area contributed by atoms with E-state index in [0.29, 0.717) is 19.0 Å². The molecular weight excluding hydrogens is 364 g/mol. The number of nitrogens with one attached hydrogen (secondary N) is 1. The highest BCUT2D eigenvalue weighted by molar-refractivity contribution is 5.76. The maximum absolute atomic E-state index is 13.5. The first kappa shape index (κ1) is 19.6. The SMILES string of the molecule is COCC(C)Nc1ncc2cc(Cc3ccccc3)c(=O)n(C3CCCC3)c2n1. The Hall–Kier alpha value is -2.73. The van der Waals surface area contributed by atoms with E-state index in [-0.39, 0.29) is 17.6 Å². The fourth-order valence-corrected chi connectivity index (χ4v) is 4.20.